The lowest BCUT2D eigenvalue weighted by molar-refractivity contribution is -0.152. The average molecular weight is 351 g/mol. The molecule has 0 unspecified atom stereocenters. The van der Waals surface area contributed by atoms with Gasteiger partial charge >= 0.3 is 6.18 Å². The molecule has 8 heteroatoms. The molecule has 0 bridgehead atoms. The number of aryl methyl sites for hydroxylation is 1. The van der Waals surface area contributed by atoms with E-state index in [1.165, 1.54) is 18.2 Å². The van der Waals surface area contributed by atoms with Gasteiger partial charge in [0.05, 0.1) is 5.39 Å². The van der Waals surface area contributed by atoms with E-state index in [0.29, 0.717) is 16.6 Å². The number of nitrogens with zero attached hydrogens (tertiary/aromatic N) is 1. The molecule has 2 aromatic heterocycles. The van der Waals surface area contributed by atoms with Gasteiger partial charge in [0.1, 0.15) is 17.0 Å². The fourth-order valence-corrected chi connectivity index (χ4v) is 2.57. The number of benzene rings is 1. The lowest BCUT2D eigenvalue weighted by atomic mass is 10.1. The molecule has 0 aliphatic rings. The van der Waals surface area contributed by atoms with Gasteiger partial charge in [0.15, 0.2) is 0 Å². The first kappa shape index (κ1) is 16.8. The molecule has 0 saturated carbocycles. The largest absolute Gasteiger partial charge is 0.508 e. The zero-order chi connectivity index (χ0) is 18.4. The summed E-state index contributed by atoms with van der Waals surface area (Å²) in [5.74, 6) is -1.86. The van der Waals surface area contributed by atoms with Crippen molar-refractivity contribution >= 4 is 11.0 Å². The molecular weight excluding hydrogens is 339 g/mol. The van der Waals surface area contributed by atoms with Crippen molar-refractivity contribution in [3.05, 3.63) is 68.4 Å². The third-order valence-electron chi connectivity index (χ3n) is 3.77. The topological polar surface area (TPSA) is 72.4 Å². The maximum absolute atomic E-state index is 13.4. The van der Waals surface area contributed by atoms with Crippen molar-refractivity contribution in [1.29, 1.82) is 0 Å². The summed E-state index contributed by atoms with van der Waals surface area (Å²) in [5, 5.41) is 9.68. The second kappa shape index (κ2) is 5.80. The third kappa shape index (κ3) is 2.79. The zero-order valence-electron chi connectivity index (χ0n) is 12.9. The van der Waals surface area contributed by atoms with Gasteiger partial charge < -0.3 is 9.52 Å². The number of pyridine rings is 1. The Morgan fingerprint density at radius 2 is 1.92 bits per heavy atom. The summed E-state index contributed by atoms with van der Waals surface area (Å²) >= 11 is 0. The molecule has 3 rings (SSSR count). The summed E-state index contributed by atoms with van der Waals surface area (Å²) in [5.41, 5.74) is -2.73. The van der Waals surface area contributed by atoms with E-state index in [1.807, 2.05) is 0 Å². The average Bonchev–Trinajstić information content (AvgIpc) is 2.54. The molecule has 0 amide bonds. The highest BCUT2D eigenvalue weighted by atomic mass is 19.4. The van der Waals surface area contributed by atoms with E-state index in [0.717, 1.165) is 18.3 Å². The standard InChI is InChI=1S/C17H12F3NO4/c1-2-9-7-10-12(8-11(9)22)25-16(17(18,19)20)14(15(10)24)21-6-4-3-5-13(21)23/h3-8,22H,2H2,1H3. The van der Waals surface area contributed by atoms with E-state index in [9.17, 15) is 27.9 Å². The highest BCUT2D eigenvalue weighted by molar-refractivity contribution is 5.81. The Labute approximate surface area is 138 Å². The second-order valence-electron chi connectivity index (χ2n) is 5.35. The van der Waals surface area contributed by atoms with Crippen LogP contribution >= 0.6 is 0 Å². The van der Waals surface area contributed by atoms with Crippen molar-refractivity contribution in [2.75, 3.05) is 0 Å². The fourth-order valence-electron chi connectivity index (χ4n) is 2.57. The smallest absolute Gasteiger partial charge is 0.451 e. The van der Waals surface area contributed by atoms with Crippen molar-refractivity contribution in [3.63, 3.8) is 0 Å². The number of phenolic OH excluding ortho intramolecular Hbond substituents is 1. The Kier molecular flexibility index (Phi) is 3.90. The summed E-state index contributed by atoms with van der Waals surface area (Å²) in [6.07, 6.45) is -3.57. The fraction of sp³-hybridized carbons (Fsp3) is 0.176. The molecule has 0 aliphatic carbocycles. The SMILES string of the molecule is CCc1cc2c(=O)c(-n3ccccc3=O)c(C(F)(F)F)oc2cc1O. The number of aromatic hydroxyl groups is 1. The molecule has 2 heterocycles. The van der Waals surface area contributed by atoms with Crippen LogP contribution in [0.5, 0.6) is 5.75 Å². The maximum Gasteiger partial charge on any atom is 0.451 e. The molecule has 5 nitrogen and oxygen atoms in total. The van der Waals surface area contributed by atoms with Gasteiger partial charge in [-0.2, -0.15) is 13.2 Å². The van der Waals surface area contributed by atoms with Gasteiger partial charge in [-0.1, -0.05) is 13.0 Å². The molecule has 3 aromatic rings. The Balaban J connectivity index is 2.52. The summed E-state index contributed by atoms with van der Waals surface area (Å²) < 4.78 is 45.7. The molecule has 0 aliphatic heterocycles. The van der Waals surface area contributed by atoms with Crippen LogP contribution in [0.15, 0.2) is 50.5 Å². The maximum atomic E-state index is 13.4. The quantitative estimate of drug-likeness (QED) is 0.769. The molecule has 1 aromatic carbocycles. The van der Waals surface area contributed by atoms with Gasteiger partial charge in [-0.05, 0) is 24.1 Å². The molecule has 0 spiro atoms. The Hall–Kier alpha value is -3.03. The van der Waals surface area contributed by atoms with Crippen LogP contribution in [0.1, 0.15) is 18.2 Å². The van der Waals surface area contributed by atoms with E-state index >= 15 is 0 Å². The van der Waals surface area contributed by atoms with Gasteiger partial charge in [0, 0.05) is 18.3 Å². The first-order valence-electron chi connectivity index (χ1n) is 7.32. The van der Waals surface area contributed by atoms with Crippen molar-refractivity contribution in [2.45, 2.75) is 19.5 Å². The van der Waals surface area contributed by atoms with E-state index in [2.05, 4.69) is 0 Å². The molecule has 0 saturated heterocycles. The number of rotatable bonds is 2. The number of hydrogen-bond acceptors (Lipinski definition) is 4. The number of hydrogen-bond donors (Lipinski definition) is 1. The van der Waals surface area contributed by atoms with Crippen LogP contribution in [0, 0.1) is 0 Å². The highest BCUT2D eigenvalue weighted by Gasteiger charge is 2.40. The number of phenols is 1. The lowest BCUT2D eigenvalue weighted by Gasteiger charge is -2.14. The van der Waals surface area contributed by atoms with Crippen molar-refractivity contribution < 1.29 is 22.7 Å². The Morgan fingerprint density at radius 1 is 1.20 bits per heavy atom. The van der Waals surface area contributed by atoms with Gasteiger partial charge in [-0.15, -0.1) is 0 Å². The van der Waals surface area contributed by atoms with Gasteiger partial charge in [-0.25, -0.2) is 0 Å². The molecular formula is C17H12F3NO4. The summed E-state index contributed by atoms with van der Waals surface area (Å²) in [6, 6.07) is 5.97. The first-order valence-corrected chi connectivity index (χ1v) is 7.32. The van der Waals surface area contributed by atoms with Crippen molar-refractivity contribution in [1.82, 2.24) is 4.57 Å². The van der Waals surface area contributed by atoms with Gasteiger partial charge in [0.2, 0.25) is 11.2 Å². The van der Waals surface area contributed by atoms with Gasteiger partial charge in [-0.3, -0.25) is 14.2 Å². The summed E-state index contributed by atoms with van der Waals surface area (Å²) in [7, 11) is 0. The zero-order valence-corrected chi connectivity index (χ0v) is 12.9. The monoisotopic (exact) mass is 351 g/mol. The van der Waals surface area contributed by atoms with Crippen LogP contribution in [0.3, 0.4) is 0 Å². The molecule has 0 radical (unpaired) electrons. The van der Waals surface area contributed by atoms with Crippen molar-refractivity contribution in [3.8, 4) is 11.4 Å². The van der Waals surface area contributed by atoms with E-state index in [1.54, 1.807) is 6.92 Å². The van der Waals surface area contributed by atoms with Crippen LogP contribution in [0.4, 0.5) is 13.2 Å². The minimum atomic E-state index is -5.00. The number of halogens is 3. The number of fused-ring (bicyclic) bond motifs is 1. The molecule has 25 heavy (non-hydrogen) atoms. The number of alkyl halides is 3. The third-order valence-corrected chi connectivity index (χ3v) is 3.77. The predicted molar refractivity (Wildman–Crippen MR) is 84.1 cm³/mol. The highest BCUT2D eigenvalue weighted by Crippen LogP contribution is 2.35. The van der Waals surface area contributed by atoms with Crippen LogP contribution in [0.25, 0.3) is 16.7 Å². The normalized spacial score (nSPS) is 11.8. The molecule has 1 N–H and O–H groups in total. The van der Waals surface area contributed by atoms with Crippen LogP contribution in [-0.4, -0.2) is 9.67 Å². The number of aromatic nitrogens is 1. The lowest BCUT2D eigenvalue weighted by Crippen LogP contribution is -2.27. The van der Waals surface area contributed by atoms with E-state index < -0.39 is 34.2 Å². The molecule has 130 valence electrons. The van der Waals surface area contributed by atoms with Crippen LogP contribution in [0.2, 0.25) is 0 Å². The van der Waals surface area contributed by atoms with Crippen LogP contribution < -0.4 is 11.0 Å². The summed E-state index contributed by atoms with van der Waals surface area (Å²) in [6.45, 7) is 1.72. The minimum Gasteiger partial charge on any atom is -0.508 e. The van der Waals surface area contributed by atoms with E-state index in [4.69, 9.17) is 4.42 Å². The molecule has 0 fully saturated rings. The minimum absolute atomic E-state index is 0.145. The first-order chi connectivity index (χ1) is 11.7. The summed E-state index contributed by atoms with van der Waals surface area (Å²) in [4.78, 5) is 24.7. The van der Waals surface area contributed by atoms with E-state index in [-0.39, 0.29) is 11.1 Å². The van der Waals surface area contributed by atoms with Crippen LogP contribution in [-0.2, 0) is 12.6 Å². The van der Waals surface area contributed by atoms with Gasteiger partial charge in [0.25, 0.3) is 5.56 Å². The predicted octanol–water partition coefficient (Wildman–Crippen LogP) is 3.23. The second-order valence-corrected chi connectivity index (χ2v) is 5.35. The Bertz CT molecular complexity index is 1080. The Morgan fingerprint density at radius 3 is 2.52 bits per heavy atom. The van der Waals surface area contributed by atoms with Crippen molar-refractivity contribution in [2.24, 2.45) is 0 Å². The molecule has 0 atom stereocenters.